The fourth-order valence-electron chi connectivity index (χ4n) is 4.09. The SMILES string of the molecule is COc1cc2c(cc1OC)CN(Cc1c(O)c(CN3CCOCC3)coc1=O)CC2. The zero-order valence-electron chi connectivity index (χ0n) is 17.5. The number of morpholine rings is 1. The maximum absolute atomic E-state index is 12.4. The van der Waals surface area contributed by atoms with Gasteiger partial charge in [0, 0.05) is 44.8 Å². The van der Waals surface area contributed by atoms with Gasteiger partial charge in [-0.25, -0.2) is 4.79 Å². The first-order chi connectivity index (χ1) is 14.6. The van der Waals surface area contributed by atoms with Crippen molar-refractivity contribution < 1.29 is 23.7 Å². The molecule has 8 heteroatoms. The second-order valence-electron chi connectivity index (χ2n) is 7.70. The molecule has 30 heavy (non-hydrogen) atoms. The van der Waals surface area contributed by atoms with Crippen molar-refractivity contribution in [1.29, 1.82) is 0 Å². The number of hydrogen-bond acceptors (Lipinski definition) is 8. The fourth-order valence-corrected chi connectivity index (χ4v) is 4.09. The van der Waals surface area contributed by atoms with Crippen LogP contribution in [-0.4, -0.2) is 62.0 Å². The van der Waals surface area contributed by atoms with Crippen LogP contribution < -0.4 is 15.1 Å². The molecule has 0 aliphatic carbocycles. The molecule has 1 saturated heterocycles. The van der Waals surface area contributed by atoms with E-state index in [9.17, 15) is 9.90 Å². The highest BCUT2D eigenvalue weighted by molar-refractivity contribution is 5.48. The zero-order valence-corrected chi connectivity index (χ0v) is 17.5. The predicted molar refractivity (Wildman–Crippen MR) is 110 cm³/mol. The zero-order chi connectivity index (χ0) is 21.1. The largest absolute Gasteiger partial charge is 0.507 e. The number of rotatable bonds is 6. The Morgan fingerprint density at radius 2 is 1.70 bits per heavy atom. The number of nitrogens with zero attached hydrogens (tertiary/aromatic N) is 2. The Kier molecular flexibility index (Phi) is 6.26. The highest BCUT2D eigenvalue weighted by Gasteiger charge is 2.23. The van der Waals surface area contributed by atoms with Crippen LogP contribution in [-0.2, 0) is 30.8 Å². The minimum absolute atomic E-state index is 0.0378. The topological polar surface area (TPSA) is 84.6 Å². The summed E-state index contributed by atoms with van der Waals surface area (Å²) in [6, 6.07) is 4.00. The summed E-state index contributed by atoms with van der Waals surface area (Å²) in [5.41, 5.74) is 2.80. The van der Waals surface area contributed by atoms with E-state index in [2.05, 4.69) is 9.80 Å². The van der Waals surface area contributed by atoms with Gasteiger partial charge in [0.05, 0.1) is 33.0 Å². The Balaban J connectivity index is 1.52. The van der Waals surface area contributed by atoms with Gasteiger partial charge in [0.15, 0.2) is 11.5 Å². The van der Waals surface area contributed by atoms with E-state index in [-0.39, 0.29) is 5.75 Å². The minimum atomic E-state index is -0.490. The van der Waals surface area contributed by atoms with E-state index in [0.717, 1.165) is 37.4 Å². The van der Waals surface area contributed by atoms with Gasteiger partial charge in [-0.2, -0.15) is 0 Å². The quantitative estimate of drug-likeness (QED) is 0.763. The van der Waals surface area contributed by atoms with E-state index >= 15 is 0 Å². The molecule has 0 bridgehead atoms. The number of fused-ring (bicyclic) bond motifs is 1. The lowest BCUT2D eigenvalue weighted by Crippen LogP contribution is -2.36. The second kappa shape index (κ2) is 9.07. The van der Waals surface area contributed by atoms with Crippen molar-refractivity contribution in [3.05, 3.63) is 51.1 Å². The van der Waals surface area contributed by atoms with Crippen molar-refractivity contribution in [2.24, 2.45) is 0 Å². The van der Waals surface area contributed by atoms with Crippen molar-refractivity contribution >= 4 is 0 Å². The Morgan fingerprint density at radius 3 is 2.40 bits per heavy atom. The lowest BCUT2D eigenvalue weighted by Gasteiger charge is -2.30. The molecule has 4 rings (SSSR count). The van der Waals surface area contributed by atoms with Crippen molar-refractivity contribution in [3.63, 3.8) is 0 Å². The molecule has 8 nitrogen and oxygen atoms in total. The van der Waals surface area contributed by atoms with E-state index in [1.165, 1.54) is 11.8 Å². The first kappa shape index (κ1) is 20.7. The highest BCUT2D eigenvalue weighted by Crippen LogP contribution is 2.34. The van der Waals surface area contributed by atoms with Gasteiger partial charge < -0.3 is 23.7 Å². The van der Waals surface area contributed by atoms with Crippen molar-refractivity contribution in [3.8, 4) is 17.2 Å². The fraction of sp³-hybridized carbons (Fsp3) is 0.500. The van der Waals surface area contributed by atoms with Crippen LogP contribution in [0.25, 0.3) is 0 Å². The van der Waals surface area contributed by atoms with Gasteiger partial charge in [-0.3, -0.25) is 9.80 Å². The van der Waals surface area contributed by atoms with Gasteiger partial charge in [-0.1, -0.05) is 0 Å². The molecule has 0 amide bonds. The van der Waals surface area contributed by atoms with Gasteiger partial charge in [0.2, 0.25) is 0 Å². The van der Waals surface area contributed by atoms with Crippen LogP contribution in [0.4, 0.5) is 0 Å². The Morgan fingerprint density at radius 1 is 1.00 bits per heavy atom. The molecule has 1 aromatic carbocycles. The summed E-state index contributed by atoms with van der Waals surface area (Å²) < 4.78 is 21.4. The lowest BCUT2D eigenvalue weighted by atomic mass is 9.98. The molecule has 0 atom stereocenters. The first-order valence-corrected chi connectivity index (χ1v) is 10.2. The lowest BCUT2D eigenvalue weighted by molar-refractivity contribution is 0.0335. The second-order valence-corrected chi connectivity index (χ2v) is 7.70. The summed E-state index contributed by atoms with van der Waals surface area (Å²) in [6.07, 6.45) is 2.20. The highest BCUT2D eigenvalue weighted by atomic mass is 16.5. The van der Waals surface area contributed by atoms with Crippen LogP contribution in [0.15, 0.2) is 27.6 Å². The molecule has 162 valence electrons. The molecule has 2 aromatic rings. The number of ether oxygens (including phenoxy) is 3. The molecular formula is C22H28N2O6. The molecule has 0 radical (unpaired) electrons. The predicted octanol–water partition coefficient (Wildman–Crippen LogP) is 1.75. The van der Waals surface area contributed by atoms with Crippen LogP contribution in [0.5, 0.6) is 17.2 Å². The standard InChI is InChI=1S/C22H28N2O6/c1-27-19-9-15-3-4-24(11-16(15)10-20(19)28-2)13-18-21(25)17(14-30-22(18)26)12-23-5-7-29-8-6-23/h9-10,14,25H,3-8,11-13H2,1-2H3. The van der Waals surface area contributed by atoms with Crippen molar-refractivity contribution in [2.75, 3.05) is 47.1 Å². The monoisotopic (exact) mass is 416 g/mol. The van der Waals surface area contributed by atoms with Crippen LogP contribution >= 0.6 is 0 Å². The normalized spacial score (nSPS) is 17.5. The van der Waals surface area contributed by atoms with E-state index in [4.69, 9.17) is 18.6 Å². The van der Waals surface area contributed by atoms with E-state index in [1.807, 2.05) is 12.1 Å². The molecule has 3 heterocycles. The average Bonchev–Trinajstić information content (AvgIpc) is 2.78. The van der Waals surface area contributed by atoms with Gasteiger partial charge in [-0.05, 0) is 29.7 Å². The summed E-state index contributed by atoms with van der Waals surface area (Å²) in [6.45, 7) is 5.23. The Bertz CT molecular complexity index is 951. The van der Waals surface area contributed by atoms with Crippen molar-refractivity contribution in [2.45, 2.75) is 26.1 Å². The summed E-state index contributed by atoms with van der Waals surface area (Å²) in [5, 5.41) is 10.8. The molecule has 2 aliphatic rings. The maximum Gasteiger partial charge on any atom is 0.343 e. The van der Waals surface area contributed by atoms with Gasteiger partial charge in [-0.15, -0.1) is 0 Å². The number of benzene rings is 1. The van der Waals surface area contributed by atoms with Crippen LogP contribution in [0.2, 0.25) is 0 Å². The summed E-state index contributed by atoms with van der Waals surface area (Å²) in [7, 11) is 3.25. The molecular weight excluding hydrogens is 388 g/mol. The van der Waals surface area contributed by atoms with Crippen LogP contribution in [0, 0.1) is 0 Å². The molecule has 0 saturated carbocycles. The van der Waals surface area contributed by atoms with Crippen LogP contribution in [0.3, 0.4) is 0 Å². The molecule has 2 aliphatic heterocycles. The third kappa shape index (κ3) is 4.30. The summed E-state index contributed by atoms with van der Waals surface area (Å²) >= 11 is 0. The molecule has 0 unspecified atom stereocenters. The molecule has 0 spiro atoms. The van der Waals surface area contributed by atoms with Crippen molar-refractivity contribution in [1.82, 2.24) is 9.80 Å². The minimum Gasteiger partial charge on any atom is -0.507 e. The maximum atomic E-state index is 12.4. The molecule has 1 N–H and O–H groups in total. The van der Waals surface area contributed by atoms with E-state index in [0.29, 0.717) is 49.7 Å². The molecule has 1 fully saturated rings. The molecule has 1 aromatic heterocycles. The third-order valence-corrected chi connectivity index (χ3v) is 5.82. The Hall–Kier alpha value is -2.55. The van der Waals surface area contributed by atoms with Gasteiger partial charge >= 0.3 is 5.63 Å². The Labute approximate surface area is 175 Å². The summed E-state index contributed by atoms with van der Waals surface area (Å²) in [4.78, 5) is 16.7. The van der Waals surface area contributed by atoms with E-state index < -0.39 is 5.63 Å². The van der Waals surface area contributed by atoms with Gasteiger partial charge in [0.1, 0.15) is 12.0 Å². The average molecular weight is 416 g/mol. The smallest absolute Gasteiger partial charge is 0.343 e. The number of aromatic hydroxyl groups is 1. The number of methoxy groups -OCH3 is 2. The van der Waals surface area contributed by atoms with Gasteiger partial charge in [0.25, 0.3) is 0 Å². The van der Waals surface area contributed by atoms with Crippen LogP contribution in [0.1, 0.15) is 22.3 Å². The first-order valence-electron chi connectivity index (χ1n) is 10.2. The van der Waals surface area contributed by atoms with E-state index in [1.54, 1.807) is 14.2 Å². The summed E-state index contributed by atoms with van der Waals surface area (Å²) in [5.74, 6) is 1.45. The number of hydrogen-bond donors (Lipinski definition) is 1. The third-order valence-electron chi connectivity index (χ3n) is 5.82.